The number of rotatable bonds is 9. The molecule has 3 heteroatoms. The smallest absolute Gasteiger partial charge is 0.108 e. The van der Waals surface area contributed by atoms with Crippen LogP contribution in [0.4, 0.5) is 0 Å². The van der Waals surface area contributed by atoms with Crippen molar-refractivity contribution in [2.75, 3.05) is 19.6 Å². The van der Waals surface area contributed by atoms with Gasteiger partial charge in [-0.3, -0.25) is 0 Å². The van der Waals surface area contributed by atoms with E-state index in [1.165, 1.54) is 16.7 Å². The fraction of sp³-hybridized carbons (Fsp3) is 0.438. The Morgan fingerprint density at radius 3 is 1.86 bits per heavy atom. The van der Waals surface area contributed by atoms with Crippen LogP contribution in [0.15, 0.2) is 84.9 Å². The third kappa shape index (κ3) is 7.27. The van der Waals surface area contributed by atoms with Crippen LogP contribution in [0.25, 0.3) is 0 Å². The highest BCUT2D eigenvalue weighted by Crippen LogP contribution is 2.30. The lowest BCUT2D eigenvalue weighted by molar-refractivity contribution is -0.0274. The Bertz CT molecular complexity index is 963. The van der Waals surface area contributed by atoms with E-state index in [2.05, 4.69) is 111 Å². The van der Waals surface area contributed by atoms with Crippen molar-refractivity contribution in [3.8, 4) is 0 Å². The molecule has 1 saturated heterocycles. The van der Waals surface area contributed by atoms with Gasteiger partial charge in [-0.25, -0.2) is 0 Å². The lowest BCUT2D eigenvalue weighted by Gasteiger charge is -2.34. The average Bonchev–Trinajstić information content (AvgIpc) is 2.88. The van der Waals surface area contributed by atoms with E-state index in [9.17, 15) is 5.11 Å². The molecule has 1 atom stereocenters. The molecule has 186 valence electrons. The summed E-state index contributed by atoms with van der Waals surface area (Å²) >= 11 is 0. The summed E-state index contributed by atoms with van der Waals surface area (Å²) in [6.45, 7) is 9.79. The average molecular weight is 472 g/mol. The molecule has 1 unspecified atom stereocenters. The largest absolute Gasteiger partial charge is 0.388 e. The van der Waals surface area contributed by atoms with Gasteiger partial charge < -0.3 is 14.7 Å². The van der Waals surface area contributed by atoms with Gasteiger partial charge in [0.05, 0.1) is 12.2 Å². The van der Waals surface area contributed by atoms with Crippen LogP contribution in [-0.4, -0.2) is 35.7 Å². The zero-order chi connectivity index (χ0) is 24.7. The van der Waals surface area contributed by atoms with Gasteiger partial charge in [0.15, 0.2) is 0 Å². The Hall–Kier alpha value is -2.46. The highest BCUT2D eigenvalue weighted by Gasteiger charge is 2.25. The first-order valence-corrected chi connectivity index (χ1v) is 13.2. The summed E-state index contributed by atoms with van der Waals surface area (Å²) in [5, 5.41) is 10.7. The number of ether oxygens (including phenoxy) is 1. The van der Waals surface area contributed by atoms with Crippen molar-refractivity contribution in [2.24, 2.45) is 0 Å². The van der Waals surface area contributed by atoms with Crippen LogP contribution in [0.5, 0.6) is 0 Å². The molecule has 1 aliphatic rings. The maximum absolute atomic E-state index is 10.7. The predicted octanol–water partition coefficient (Wildman–Crippen LogP) is 7.07. The molecule has 1 heterocycles. The van der Waals surface area contributed by atoms with Crippen LogP contribution < -0.4 is 0 Å². The number of hydrogen-bond donors (Lipinski definition) is 1. The molecule has 3 nitrogen and oxygen atoms in total. The van der Waals surface area contributed by atoms with E-state index >= 15 is 0 Å². The summed E-state index contributed by atoms with van der Waals surface area (Å²) in [6, 6.07) is 29.6. The first kappa shape index (κ1) is 25.6. The van der Waals surface area contributed by atoms with E-state index < -0.39 is 0 Å². The zero-order valence-corrected chi connectivity index (χ0v) is 21.6. The van der Waals surface area contributed by atoms with Gasteiger partial charge in [-0.2, -0.15) is 0 Å². The summed E-state index contributed by atoms with van der Waals surface area (Å²) in [5.74, 6) is 0. The van der Waals surface area contributed by atoms with Crippen molar-refractivity contribution >= 4 is 0 Å². The number of aliphatic hydroxyl groups excluding tert-OH is 1. The molecule has 0 aromatic heterocycles. The normalized spacial score (nSPS) is 16.5. The third-order valence-electron chi connectivity index (χ3n) is 7.18. The molecule has 1 fully saturated rings. The van der Waals surface area contributed by atoms with Crippen molar-refractivity contribution in [3.63, 3.8) is 0 Å². The van der Waals surface area contributed by atoms with E-state index in [4.69, 9.17) is 4.74 Å². The lowest BCUT2D eigenvalue weighted by Crippen LogP contribution is -2.38. The standard InChI is InChI=1S/C32H41NO2/c1-32(2,3)28-18-16-25(17-19-28)30(34)15-10-22-33-23-20-29(21-24-33)35-31(26-11-6-4-7-12-26)27-13-8-5-9-14-27/h4-9,11-14,16-19,29-31,34H,10,15,20-24H2,1-3H3. The highest BCUT2D eigenvalue weighted by molar-refractivity contribution is 5.30. The molecule has 3 aromatic carbocycles. The second-order valence-electron chi connectivity index (χ2n) is 10.9. The van der Waals surface area contributed by atoms with Crippen molar-refractivity contribution in [2.45, 2.75) is 70.2 Å². The molecule has 0 amide bonds. The number of aliphatic hydroxyl groups is 1. The Labute approximate surface area is 211 Å². The Balaban J connectivity index is 1.23. The maximum atomic E-state index is 10.7. The van der Waals surface area contributed by atoms with Crippen LogP contribution in [-0.2, 0) is 10.2 Å². The van der Waals surface area contributed by atoms with Crippen LogP contribution in [0.3, 0.4) is 0 Å². The molecular formula is C32H41NO2. The maximum Gasteiger partial charge on any atom is 0.108 e. The molecule has 1 aliphatic heterocycles. The molecule has 0 aliphatic carbocycles. The summed E-state index contributed by atoms with van der Waals surface area (Å²) in [5.41, 5.74) is 4.90. The lowest BCUT2D eigenvalue weighted by atomic mass is 9.86. The summed E-state index contributed by atoms with van der Waals surface area (Å²) in [6.07, 6.45) is 3.76. The van der Waals surface area contributed by atoms with Gasteiger partial charge >= 0.3 is 0 Å². The van der Waals surface area contributed by atoms with Gasteiger partial charge in [-0.1, -0.05) is 106 Å². The first-order chi connectivity index (χ1) is 16.9. The molecular weight excluding hydrogens is 430 g/mol. The molecule has 0 saturated carbocycles. The van der Waals surface area contributed by atoms with E-state index in [0.717, 1.165) is 50.9 Å². The highest BCUT2D eigenvalue weighted by atomic mass is 16.5. The summed E-state index contributed by atoms with van der Waals surface area (Å²) in [4.78, 5) is 2.52. The van der Waals surface area contributed by atoms with Crippen LogP contribution >= 0.6 is 0 Å². The minimum Gasteiger partial charge on any atom is -0.388 e. The van der Waals surface area contributed by atoms with Crippen molar-refractivity contribution in [3.05, 3.63) is 107 Å². The van der Waals surface area contributed by atoms with Gasteiger partial charge in [-0.15, -0.1) is 0 Å². The SMILES string of the molecule is CC(C)(C)c1ccc(C(O)CCCN2CCC(OC(c3ccccc3)c3ccccc3)CC2)cc1. The van der Waals surface area contributed by atoms with Crippen LogP contribution in [0.2, 0.25) is 0 Å². The molecule has 0 spiro atoms. The molecule has 0 bridgehead atoms. The van der Waals surface area contributed by atoms with Crippen molar-refractivity contribution < 1.29 is 9.84 Å². The van der Waals surface area contributed by atoms with E-state index in [1.807, 2.05) is 0 Å². The molecule has 3 aromatic rings. The zero-order valence-electron chi connectivity index (χ0n) is 21.6. The molecule has 35 heavy (non-hydrogen) atoms. The van der Waals surface area contributed by atoms with Gasteiger partial charge in [0.1, 0.15) is 6.10 Å². The topological polar surface area (TPSA) is 32.7 Å². The predicted molar refractivity (Wildman–Crippen MR) is 145 cm³/mol. The van der Waals surface area contributed by atoms with Crippen molar-refractivity contribution in [1.82, 2.24) is 4.90 Å². The minimum absolute atomic E-state index is 0.0197. The van der Waals surface area contributed by atoms with E-state index in [-0.39, 0.29) is 23.7 Å². The van der Waals surface area contributed by atoms with Gasteiger partial charge in [0, 0.05) is 13.1 Å². The van der Waals surface area contributed by atoms with Gasteiger partial charge in [0.2, 0.25) is 0 Å². The van der Waals surface area contributed by atoms with E-state index in [0.29, 0.717) is 0 Å². The second-order valence-corrected chi connectivity index (χ2v) is 10.9. The molecule has 1 N–H and O–H groups in total. The van der Waals surface area contributed by atoms with Gasteiger partial charge in [0.25, 0.3) is 0 Å². The Morgan fingerprint density at radius 1 is 0.800 bits per heavy atom. The quantitative estimate of drug-likeness (QED) is 0.362. The summed E-state index contributed by atoms with van der Waals surface area (Å²) < 4.78 is 6.68. The van der Waals surface area contributed by atoms with Crippen LogP contribution in [0, 0.1) is 0 Å². The summed E-state index contributed by atoms with van der Waals surface area (Å²) in [7, 11) is 0. The second kappa shape index (κ2) is 12.0. The van der Waals surface area contributed by atoms with Crippen LogP contribution in [0.1, 0.15) is 80.9 Å². The number of benzene rings is 3. The van der Waals surface area contributed by atoms with Gasteiger partial charge in [-0.05, 0) is 59.9 Å². The number of piperidine rings is 1. The fourth-order valence-corrected chi connectivity index (χ4v) is 4.95. The monoisotopic (exact) mass is 471 g/mol. The fourth-order valence-electron chi connectivity index (χ4n) is 4.95. The third-order valence-corrected chi connectivity index (χ3v) is 7.18. The van der Waals surface area contributed by atoms with E-state index in [1.54, 1.807) is 0 Å². The Kier molecular flexibility index (Phi) is 8.78. The molecule has 0 radical (unpaired) electrons. The number of hydrogen-bond acceptors (Lipinski definition) is 3. The minimum atomic E-state index is -0.387. The number of nitrogens with zero attached hydrogens (tertiary/aromatic N) is 1. The first-order valence-electron chi connectivity index (χ1n) is 13.2. The number of likely N-dealkylation sites (tertiary alicyclic amines) is 1. The van der Waals surface area contributed by atoms with Crippen molar-refractivity contribution in [1.29, 1.82) is 0 Å². The molecule has 4 rings (SSSR count). The Morgan fingerprint density at radius 2 is 1.34 bits per heavy atom.